The molecule has 4 atom stereocenters. The molecule has 0 amide bonds. The Morgan fingerprint density at radius 3 is 2.92 bits per heavy atom. The molecule has 0 spiro atoms. The maximum absolute atomic E-state index is 4.36. The van der Waals surface area contributed by atoms with E-state index >= 15 is 0 Å². The van der Waals surface area contributed by atoms with E-state index in [1.54, 1.807) is 11.1 Å². The summed E-state index contributed by atoms with van der Waals surface area (Å²) in [5.41, 5.74) is 6.68. The van der Waals surface area contributed by atoms with Crippen LogP contribution in [0.15, 0.2) is 66.1 Å². The van der Waals surface area contributed by atoms with E-state index in [0.29, 0.717) is 11.3 Å². The van der Waals surface area contributed by atoms with Crippen LogP contribution < -0.4 is 0 Å². The lowest BCUT2D eigenvalue weighted by molar-refractivity contribution is 0.0945. The monoisotopic (exact) mass is 329 g/mol. The Bertz CT molecular complexity index is 825. The van der Waals surface area contributed by atoms with Crippen LogP contribution in [0.25, 0.3) is 5.57 Å². The highest BCUT2D eigenvalue weighted by Gasteiger charge is 2.53. The summed E-state index contributed by atoms with van der Waals surface area (Å²) in [6.45, 7) is 5.01. The summed E-state index contributed by atoms with van der Waals surface area (Å²) in [6.07, 6.45) is 22.5. The molecule has 1 aromatic heterocycles. The van der Waals surface area contributed by atoms with Crippen molar-refractivity contribution in [3.63, 3.8) is 0 Å². The summed E-state index contributed by atoms with van der Waals surface area (Å²) in [4.78, 5) is 4.36. The van der Waals surface area contributed by atoms with Crippen molar-refractivity contribution in [3.05, 3.63) is 71.6 Å². The third-order valence-electron chi connectivity index (χ3n) is 7.67. The van der Waals surface area contributed by atoms with Crippen LogP contribution in [0.3, 0.4) is 0 Å². The number of pyridine rings is 1. The maximum Gasteiger partial charge on any atom is 0.0343 e. The summed E-state index contributed by atoms with van der Waals surface area (Å²) < 4.78 is 0. The Morgan fingerprint density at radius 2 is 2.08 bits per heavy atom. The molecule has 0 N–H and O–H groups in total. The van der Waals surface area contributed by atoms with Crippen LogP contribution >= 0.6 is 0 Å². The number of hydrogen-bond acceptors (Lipinski definition) is 1. The van der Waals surface area contributed by atoms with E-state index in [-0.39, 0.29) is 5.41 Å². The molecule has 4 aliphatic carbocycles. The Hall–Kier alpha value is -1.89. The van der Waals surface area contributed by atoms with Gasteiger partial charge in [0.05, 0.1) is 0 Å². The van der Waals surface area contributed by atoms with Crippen molar-refractivity contribution in [1.29, 1.82) is 0 Å². The highest BCUT2D eigenvalue weighted by atomic mass is 14.6. The quantitative estimate of drug-likeness (QED) is 0.604. The van der Waals surface area contributed by atoms with Gasteiger partial charge in [0.25, 0.3) is 0 Å². The Kier molecular flexibility index (Phi) is 3.26. The molecule has 0 aliphatic heterocycles. The molecule has 1 nitrogen and oxygen atoms in total. The second kappa shape index (κ2) is 5.30. The first-order valence-corrected chi connectivity index (χ1v) is 9.83. The van der Waals surface area contributed by atoms with Crippen molar-refractivity contribution in [2.75, 3.05) is 0 Å². The van der Waals surface area contributed by atoms with Gasteiger partial charge >= 0.3 is 0 Å². The second-order valence-corrected chi connectivity index (χ2v) is 8.78. The van der Waals surface area contributed by atoms with Crippen molar-refractivity contribution in [2.24, 2.45) is 22.7 Å². The summed E-state index contributed by atoms with van der Waals surface area (Å²) in [6, 6.07) is 4.28. The molecular weight excluding hydrogens is 302 g/mol. The molecule has 0 aromatic carbocycles. The van der Waals surface area contributed by atoms with Crippen LogP contribution in [0.5, 0.6) is 0 Å². The van der Waals surface area contributed by atoms with Gasteiger partial charge in [0.2, 0.25) is 0 Å². The number of aromatic nitrogens is 1. The average Bonchev–Trinajstić information content (AvgIpc) is 2.99. The lowest BCUT2D eigenvalue weighted by atomic mass is 9.50. The molecule has 5 rings (SSSR count). The fourth-order valence-corrected chi connectivity index (χ4v) is 6.24. The third kappa shape index (κ3) is 2.05. The predicted molar refractivity (Wildman–Crippen MR) is 104 cm³/mol. The fourth-order valence-electron chi connectivity index (χ4n) is 6.24. The Labute approximate surface area is 151 Å². The van der Waals surface area contributed by atoms with Crippen molar-refractivity contribution >= 4 is 5.57 Å². The number of allylic oxidation sites excluding steroid dienone is 8. The summed E-state index contributed by atoms with van der Waals surface area (Å²) >= 11 is 0. The van der Waals surface area contributed by atoms with Crippen LogP contribution in [0.4, 0.5) is 0 Å². The van der Waals surface area contributed by atoms with Crippen molar-refractivity contribution in [3.8, 4) is 0 Å². The predicted octanol–water partition coefficient (Wildman–Crippen LogP) is 6.12. The Balaban J connectivity index is 1.53. The lowest BCUT2D eigenvalue weighted by Crippen LogP contribution is -2.45. The van der Waals surface area contributed by atoms with Gasteiger partial charge in [-0.05, 0) is 72.1 Å². The Morgan fingerprint density at radius 1 is 1.16 bits per heavy atom. The van der Waals surface area contributed by atoms with Crippen LogP contribution in [-0.4, -0.2) is 4.98 Å². The van der Waals surface area contributed by atoms with E-state index in [1.165, 1.54) is 43.2 Å². The molecule has 1 heteroatoms. The topological polar surface area (TPSA) is 12.9 Å². The van der Waals surface area contributed by atoms with E-state index in [2.05, 4.69) is 61.3 Å². The van der Waals surface area contributed by atoms with Gasteiger partial charge in [0, 0.05) is 17.8 Å². The normalized spacial score (nSPS) is 38.9. The van der Waals surface area contributed by atoms with E-state index in [1.807, 2.05) is 12.4 Å². The van der Waals surface area contributed by atoms with Crippen LogP contribution in [0.1, 0.15) is 51.5 Å². The first-order valence-electron chi connectivity index (χ1n) is 9.83. The molecule has 1 saturated carbocycles. The molecule has 0 radical (unpaired) electrons. The molecule has 1 fully saturated rings. The van der Waals surface area contributed by atoms with Crippen LogP contribution in [0, 0.1) is 22.7 Å². The van der Waals surface area contributed by atoms with Gasteiger partial charge in [-0.15, -0.1) is 0 Å². The van der Waals surface area contributed by atoms with E-state index in [0.717, 1.165) is 5.92 Å². The maximum atomic E-state index is 4.36. The van der Waals surface area contributed by atoms with Gasteiger partial charge in [-0.2, -0.15) is 0 Å². The van der Waals surface area contributed by atoms with Crippen LogP contribution in [-0.2, 0) is 0 Å². The molecular formula is C24H27N. The zero-order valence-corrected chi connectivity index (χ0v) is 15.3. The number of nitrogens with zero attached hydrogens (tertiary/aromatic N) is 1. The SMILES string of the molecule is C[C@]12CCC3C(CC=C4C=CCC[C@@]43C)C1=CC=C2c1cccnc1. The molecule has 4 aliphatic rings. The average molecular weight is 329 g/mol. The summed E-state index contributed by atoms with van der Waals surface area (Å²) in [5, 5.41) is 0. The molecule has 1 aromatic rings. The molecule has 0 bridgehead atoms. The van der Waals surface area contributed by atoms with Gasteiger partial charge in [-0.3, -0.25) is 4.98 Å². The number of fused-ring (bicyclic) bond motifs is 5. The van der Waals surface area contributed by atoms with Gasteiger partial charge in [0.1, 0.15) is 0 Å². The van der Waals surface area contributed by atoms with Crippen molar-refractivity contribution < 1.29 is 0 Å². The largest absolute Gasteiger partial charge is 0.264 e. The molecule has 0 saturated heterocycles. The molecule has 25 heavy (non-hydrogen) atoms. The number of rotatable bonds is 1. The van der Waals surface area contributed by atoms with E-state index in [9.17, 15) is 0 Å². The zero-order valence-electron chi connectivity index (χ0n) is 15.3. The van der Waals surface area contributed by atoms with Gasteiger partial charge < -0.3 is 0 Å². The zero-order chi connectivity index (χ0) is 17.1. The lowest BCUT2D eigenvalue weighted by Gasteiger charge is -2.54. The first kappa shape index (κ1) is 15.4. The van der Waals surface area contributed by atoms with Gasteiger partial charge in [0.15, 0.2) is 0 Å². The third-order valence-corrected chi connectivity index (χ3v) is 7.67. The van der Waals surface area contributed by atoms with Gasteiger partial charge in [-0.1, -0.05) is 55.9 Å². The smallest absolute Gasteiger partial charge is 0.0343 e. The second-order valence-electron chi connectivity index (χ2n) is 8.78. The standard InChI is InChI=1S/C24H27N/c1-23-13-4-3-7-18(23)8-9-19-21-11-10-20(17-6-5-15-25-16-17)24(21,2)14-12-22(19)23/h3,5-8,10-11,15-16,19,22H,4,9,12-14H2,1-2H3/t19?,22?,23-,24+/m0/s1. The van der Waals surface area contributed by atoms with Gasteiger partial charge in [-0.25, -0.2) is 0 Å². The first-order chi connectivity index (χ1) is 12.1. The molecule has 128 valence electrons. The van der Waals surface area contributed by atoms with E-state index < -0.39 is 0 Å². The van der Waals surface area contributed by atoms with E-state index in [4.69, 9.17) is 0 Å². The highest BCUT2D eigenvalue weighted by Crippen LogP contribution is 2.64. The highest BCUT2D eigenvalue weighted by molar-refractivity contribution is 5.78. The molecule has 1 heterocycles. The minimum Gasteiger partial charge on any atom is -0.264 e. The van der Waals surface area contributed by atoms with Crippen molar-refractivity contribution in [1.82, 2.24) is 4.98 Å². The van der Waals surface area contributed by atoms with Crippen molar-refractivity contribution in [2.45, 2.75) is 46.0 Å². The fraction of sp³-hybridized carbons (Fsp3) is 0.458. The van der Waals surface area contributed by atoms with Crippen LogP contribution in [0.2, 0.25) is 0 Å². The minimum atomic E-state index is 0.205. The summed E-state index contributed by atoms with van der Waals surface area (Å²) in [7, 11) is 0. The molecule has 2 unspecified atom stereocenters. The summed E-state index contributed by atoms with van der Waals surface area (Å²) in [5.74, 6) is 1.52. The minimum absolute atomic E-state index is 0.205. The number of hydrogen-bond donors (Lipinski definition) is 0.